The third kappa shape index (κ3) is 4.55. The quantitative estimate of drug-likeness (QED) is 0.771. The summed E-state index contributed by atoms with van der Waals surface area (Å²) < 4.78 is 45.3. The Balaban J connectivity index is 2.96. The minimum atomic E-state index is -4.78. The van der Waals surface area contributed by atoms with Gasteiger partial charge in [-0.25, -0.2) is 0 Å². The van der Waals surface area contributed by atoms with Crippen LogP contribution in [0.2, 0.25) is 0 Å². The zero-order valence-electron chi connectivity index (χ0n) is 10.9. The lowest BCUT2D eigenvalue weighted by Gasteiger charge is -2.23. The number of alkyl halides is 3. The SMILES string of the molecule is CCOC(C)(C)C(=O)c1cccc(OC(F)(F)F)c1. The second kappa shape index (κ2) is 5.61. The molecule has 1 aromatic carbocycles. The molecule has 0 spiro atoms. The molecule has 0 saturated carbocycles. The predicted octanol–water partition coefficient (Wildman–Crippen LogP) is 3.58. The molecule has 0 aliphatic carbocycles. The van der Waals surface area contributed by atoms with Crippen molar-refractivity contribution in [2.45, 2.75) is 32.7 Å². The number of carbonyl (C=O) groups excluding carboxylic acids is 1. The van der Waals surface area contributed by atoms with Crippen LogP contribution in [-0.2, 0) is 4.74 Å². The van der Waals surface area contributed by atoms with Crippen LogP contribution < -0.4 is 4.74 Å². The number of Topliss-reactive ketones (excluding diaryl/α,β-unsaturated/α-hetero) is 1. The zero-order valence-corrected chi connectivity index (χ0v) is 10.9. The lowest BCUT2D eigenvalue weighted by Crippen LogP contribution is -2.35. The van der Waals surface area contributed by atoms with Gasteiger partial charge in [0.1, 0.15) is 11.4 Å². The molecule has 0 unspecified atom stereocenters. The molecule has 0 radical (unpaired) electrons. The van der Waals surface area contributed by atoms with E-state index in [1.165, 1.54) is 12.1 Å². The van der Waals surface area contributed by atoms with Gasteiger partial charge in [-0.15, -0.1) is 13.2 Å². The minimum Gasteiger partial charge on any atom is -0.406 e. The van der Waals surface area contributed by atoms with E-state index in [0.717, 1.165) is 12.1 Å². The first-order chi connectivity index (χ1) is 8.65. The van der Waals surface area contributed by atoms with Crippen molar-refractivity contribution >= 4 is 5.78 Å². The van der Waals surface area contributed by atoms with E-state index in [9.17, 15) is 18.0 Å². The fraction of sp³-hybridized carbons (Fsp3) is 0.462. The average Bonchev–Trinajstić information content (AvgIpc) is 2.26. The summed E-state index contributed by atoms with van der Waals surface area (Å²) in [4.78, 5) is 12.1. The first-order valence-electron chi connectivity index (χ1n) is 5.70. The lowest BCUT2D eigenvalue weighted by atomic mass is 9.96. The number of ether oxygens (including phenoxy) is 2. The summed E-state index contributed by atoms with van der Waals surface area (Å²) in [6.07, 6.45) is -4.78. The molecule has 0 aliphatic heterocycles. The fourth-order valence-electron chi connectivity index (χ4n) is 1.61. The molecule has 0 N–H and O–H groups in total. The molecular weight excluding hydrogens is 261 g/mol. The molecule has 0 fully saturated rings. The van der Waals surface area contributed by atoms with Crippen LogP contribution in [0.25, 0.3) is 0 Å². The summed E-state index contributed by atoms with van der Waals surface area (Å²) >= 11 is 0. The summed E-state index contributed by atoms with van der Waals surface area (Å²) in [5.41, 5.74) is -0.980. The van der Waals surface area contributed by atoms with Crippen molar-refractivity contribution in [2.24, 2.45) is 0 Å². The molecule has 1 aromatic rings. The van der Waals surface area contributed by atoms with Gasteiger partial charge in [0, 0.05) is 12.2 Å². The Kier molecular flexibility index (Phi) is 4.57. The summed E-state index contributed by atoms with van der Waals surface area (Å²) in [6.45, 7) is 5.20. The van der Waals surface area contributed by atoms with Gasteiger partial charge in [-0.3, -0.25) is 4.79 Å². The van der Waals surface area contributed by atoms with E-state index in [1.54, 1.807) is 20.8 Å². The number of rotatable bonds is 5. The van der Waals surface area contributed by atoms with Gasteiger partial charge in [0.05, 0.1) is 0 Å². The summed E-state index contributed by atoms with van der Waals surface area (Å²) in [5, 5.41) is 0. The number of benzene rings is 1. The topological polar surface area (TPSA) is 35.5 Å². The van der Waals surface area contributed by atoms with Gasteiger partial charge in [0.25, 0.3) is 0 Å². The third-order valence-electron chi connectivity index (χ3n) is 2.38. The molecular formula is C13H15F3O3. The van der Waals surface area contributed by atoms with Gasteiger partial charge >= 0.3 is 6.36 Å². The Bertz CT molecular complexity index is 453. The standard InChI is InChI=1S/C13H15F3O3/c1-4-18-12(2,3)11(17)9-6-5-7-10(8-9)19-13(14,15)16/h5-8H,4H2,1-3H3. The molecule has 0 saturated heterocycles. The van der Waals surface area contributed by atoms with Crippen LogP contribution in [-0.4, -0.2) is 24.4 Å². The molecule has 106 valence electrons. The van der Waals surface area contributed by atoms with Crippen molar-refractivity contribution in [1.29, 1.82) is 0 Å². The van der Waals surface area contributed by atoms with Gasteiger partial charge in [0.15, 0.2) is 5.78 Å². The van der Waals surface area contributed by atoms with Crippen molar-refractivity contribution in [3.8, 4) is 5.75 Å². The Morgan fingerprint density at radius 3 is 2.42 bits per heavy atom. The summed E-state index contributed by atoms with van der Waals surface area (Å²) in [6, 6.07) is 4.94. The highest BCUT2D eigenvalue weighted by atomic mass is 19.4. The maximum absolute atomic E-state index is 12.1. The van der Waals surface area contributed by atoms with Crippen molar-refractivity contribution in [2.75, 3.05) is 6.61 Å². The highest BCUT2D eigenvalue weighted by Crippen LogP contribution is 2.25. The average molecular weight is 276 g/mol. The van der Waals surface area contributed by atoms with E-state index in [2.05, 4.69) is 4.74 Å². The van der Waals surface area contributed by atoms with E-state index in [0.29, 0.717) is 6.61 Å². The largest absolute Gasteiger partial charge is 0.573 e. The Morgan fingerprint density at radius 2 is 1.89 bits per heavy atom. The van der Waals surface area contributed by atoms with Gasteiger partial charge in [-0.05, 0) is 32.9 Å². The number of ketones is 1. The van der Waals surface area contributed by atoms with Gasteiger partial charge in [-0.1, -0.05) is 12.1 Å². The molecule has 3 nitrogen and oxygen atoms in total. The Morgan fingerprint density at radius 1 is 1.26 bits per heavy atom. The van der Waals surface area contributed by atoms with Crippen LogP contribution in [0.4, 0.5) is 13.2 Å². The fourth-order valence-corrected chi connectivity index (χ4v) is 1.61. The smallest absolute Gasteiger partial charge is 0.406 e. The van der Waals surface area contributed by atoms with Crippen LogP contribution >= 0.6 is 0 Å². The van der Waals surface area contributed by atoms with Crippen LogP contribution in [0.15, 0.2) is 24.3 Å². The van der Waals surface area contributed by atoms with Gasteiger partial charge in [0.2, 0.25) is 0 Å². The monoisotopic (exact) mass is 276 g/mol. The first kappa shape index (κ1) is 15.5. The van der Waals surface area contributed by atoms with Crippen molar-refractivity contribution in [3.63, 3.8) is 0 Å². The second-order valence-electron chi connectivity index (χ2n) is 4.35. The summed E-state index contributed by atoms with van der Waals surface area (Å²) in [5.74, 6) is -0.826. The normalized spacial score (nSPS) is 12.3. The molecule has 0 amide bonds. The number of carbonyl (C=O) groups is 1. The Hall–Kier alpha value is -1.56. The second-order valence-corrected chi connectivity index (χ2v) is 4.35. The highest BCUT2D eigenvalue weighted by molar-refractivity contribution is 6.02. The first-order valence-corrected chi connectivity index (χ1v) is 5.70. The maximum Gasteiger partial charge on any atom is 0.573 e. The lowest BCUT2D eigenvalue weighted by molar-refractivity contribution is -0.274. The number of hydrogen-bond donors (Lipinski definition) is 0. The third-order valence-corrected chi connectivity index (χ3v) is 2.38. The molecule has 19 heavy (non-hydrogen) atoms. The van der Waals surface area contributed by atoms with Crippen molar-refractivity contribution < 1.29 is 27.4 Å². The van der Waals surface area contributed by atoms with Crippen LogP contribution in [0.3, 0.4) is 0 Å². The molecule has 6 heteroatoms. The maximum atomic E-state index is 12.1. The number of halogens is 3. The number of hydrogen-bond acceptors (Lipinski definition) is 3. The molecule has 0 aromatic heterocycles. The van der Waals surface area contributed by atoms with Crippen LogP contribution in [0.1, 0.15) is 31.1 Å². The van der Waals surface area contributed by atoms with Crippen molar-refractivity contribution in [3.05, 3.63) is 29.8 Å². The zero-order chi connectivity index (χ0) is 14.7. The van der Waals surface area contributed by atoms with E-state index in [4.69, 9.17) is 4.74 Å². The Labute approximate surface area is 109 Å². The van der Waals surface area contributed by atoms with E-state index >= 15 is 0 Å². The highest BCUT2D eigenvalue weighted by Gasteiger charge is 2.32. The molecule has 0 bridgehead atoms. The van der Waals surface area contributed by atoms with E-state index in [1.807, 2.05) is 0 Å². The van der Waals surface area contributed by atoms with E-state index < -0.39 is 23.5 Å². The van der Waals surface area contributed by atoms with Gasteiger partial charge < -0.3 is 9.47 Å². The van der Waals surface area contributed by atoms with Gasteiger partial charge in [-0.2, -0.15) is 0 Å². The molecule has 0 aliphatic rings. The molecule has 0 atom stereocenters. The van der Waals surface area contributed by atoms with Crippen LogP contribution in [0, 0.1) is 0 Å². The van der Waals surface area contributed by atoms with Crippen LogP contribution in [0.5, 0.6) is 5.75 Å². The van der Waals surface area contributed by atoms with Crippen molar-refractivity contribution in [1.82, 2.24) is 0 Å². The predicted molar refractivity (Wildman–Crippen MR) is 63.2 cm³/mol. The summed E-state index contributed by atoms with van der Waals surface area (Å²) in [7, 11) is 0. The van der Waals surface area contributed by atoms with E-state index in [-0.39, 0.29) is 5.56 Å². The minimum absolute atomic E-state index is 0.111. The molecule has 0 heterocycles. The molecule has 1 rings (SSSR count).